The number of methoxy groups -OCH3 is 1. The lowest BCUT2D eigenvalue weighted by atomic mass is 9.87. The molecule has 1 aromatic rings. The molecule has 1 unspecified atom stereocenters. The molecule has 0 heterocycles. The number of nitrogens with one attached hydrogen (secondary N) is 1. The van der Waals surface area contributed by atoms with Crippen molar-refractivity contribution in [1.29, 1.82) is 0 Å². The molecule has 0 bridgehead atoms. The lowest BCUT2D eigenvalue weighted by molar-refractivity contribution is 0.133. The maximum Gasteiger partial charge on any atom is 0.123 e. The minimum Gasteiger partial charge on any atom is -0.496 e. The molecule has 0 radical (unpaired) electrons. The number of hydrogen-bond donors (Lipinski definition) is 1. The molecule has 0 saturated carbocycles. The van der Waals surface area contributed by atoms with Crippen molar-refractivity contribution in [2.75, 3.05) is 20.7 Å². The highest BCUT2D eigenvalue weighted by Gasteiger charge is 2.24. The molecule has 1 rings (SSSR count). The third-order valence-corrected chi connectivity index (χ3v) is 4.26. The van der Waals surface area contributed by atoms with Crippen molar-refractivity contribution in [3.8, 4) is 5.75 Å². The monoisotopic (exact) mass is 292 g/mol. The van der Waals surface area contributed by atoms with Crippen molar-refractivity contribution >= 4 is 0 Å². The van der Waals surface area contributed by atoms with E-state index in [1.807, 2.05) is 0 Å². The maximum absolute atomic E-state index is 5.52. The molecule has 0 aromatic heterocycles. The standard InChI is InChI=1S/C18H32N2O/c1-8-19-12-15-9-10-17(21-7)16(11-15)13-20(6)14(2)18(3,4)5/h9-11,14,19H,8,12-13H2,1-7H3. The van der Waals surface area contributed by atoms with E-state index in [2.05, 4.69) is 70.1 Å². The molecule has 0 aliphatic heterocycles. The van der Waals surface area contributed by atoms with Crippen LogP contribution in [0.4, 0.5) is 0 Å². The first-order valence-electron chi connectivity index (χ1n) is 7.86. The normalized spacial score (nSPS) is 13.5. The predicted molar refractivity (Wildman–Crippen MR) is 90.8 cm³/mol. The number of hydrogen-bond acceptors (Lipinski definition) is 3. The van der Waals surface area contributed by atoms with Crippen LogP contribution in [-0.4, -0.2) is 31.6 Å². The second-order valence-electron chi connectivity index (χ2n) is 6.88. The minimum absolute atomic E-state index is 0.267. The second-order valence-corrected chi connectivity index (χ2v) is 6.88. The topological polar surface area (TPSA) is 24.5 Å². The molecule has 0 aliphatic carbocycles. The van der Waals surface area contributed by atoms with Gasteiger partial charge in [0.1, 0.15) is 5.75 Å². The Balaban J connectivity index is 2.89. The highest BCUT2D eigenvalue weighted by atomic mass is 16.5. The van der Waals surface area contributed by atoms with E-state index in [9.17, 15) is 0 Å². The average Bonchev–Trinajstić information content (AvgIpc) is 2.43. The maximum atomic E-state index is 5.52. The van der Waals surface area contributed by atoms with Crippen LogP contribution in [0.5, 0.6) is 5.75 Å². The molecule has 1 aromatic carbocycles. The van der Waals surface area contributed by atoms with Crippen molar-refractivity contribution in [1.82, 2.24) is 10.2 Å². The van der Waals surface area contributed by atoms with Crippen LogP contribution in [-0.2, 0) is 13.1 Å². The first-order chi connectivity index (χ1) is 9.79. The largest absolute Gasteiger partial charge is 0.496 e. The number of benzene rings is 1. The van der Waals surface area contributed by atoms with Crippen LogP contribution in [0.15, 0.2) is 18.2 Å². The molecule has 21 heavy (non-hydrogen) atoms. The summed E-state index contributed by atoms with van der Waals surface area (Å²) < 4.78 is 5.52. The van der Waals surface area contributed by atoms with Gasteiger partial charge in [0.05, 0.1) is 7.11 Å². The van der Waals surface area contributed by atoms with Gasteiger partial charge in [-0.25, -0.2) is 0 Å². The van der Waals surface area contributed by atoms with Gasteiger partial charge < -0.3 is 10.1 Å². The van der Waals surface area contributed by atoms with E-state index in [0.717, 1.165) is 25.4 Å². The summed E-state index contributed by atoms with van der Waals surface area (Å²) in [6.45, 7) is 14.1. The van der Waals surface area contributed by atoms with Crippen LogP contribution in [0.3, 0.4) is 0 Å². The molecule has 0 amide bonds. The molecule has 3 heteroatoms. The van der Waals surface area contributed by atoms with Gasteiger partial charge in [-0.3, -0.25) is 4.90 Å². The van der Waals surface area contributed by atoms with Crippen LogP contribution < -0.4 is 10.1 Å². The molecule has 1 N–H and O–H groups in total. The van der Waals surface area contributed by atoms with Gasteiger partial charge >= 0.3 is 0 Å². The van der Waals surface area contributed by atoms with Crippen molar-refractivity contribution < 1.29 is 4.74 Å². The summed E-state index contributed by atoms with van der Waals surface area (Å²) in [7, 11) is 3.93. The smallest absolute Gasteiger partial charge is 0.123 e. The Morgan fingerprint density at radius 3 is 2.48 bits per heavy atom. The van der Waals surface area contributed by atoms with Crippen LogP contribution >= 0.6 is 0 Å². The van der Waals surface area contributed by atoms with Gasteiger partial charge in [0.2, 0.25) is 0 Å². The van der Waals surface area contributed by atoms with Crippen molar-refractivity contribution in [2.45, 2.75) is 53.8 Å². The lowest BCUT2D eigenvalue weighted by Gasteiger charge is -2.35. The Hall–Kier alpha value is -1.06. The van der Waals surface area contributed by atoms with Gasteiger partial charge in [0, 0.05) is 24.7 Å². The summed E-state index contributed by atoms with van der Waals surface area (Å²) in [4.78, 5) is 2.40. The zero-order valence-electron chi connectivity index (χ0n) is 14.8. The SMILES string of the molecule is CCNCc1ccc(OC)c(CN(C)C(C)C(C)(C)C)c1. The third-order valence-electron chi connectivity index (χ3n) is 4.26. The van der Waals surface area contributed by atoms with Crippen LogP contribution in [0.1, 0.15) is 45.7 Å². The molecule has 120 valence electrons. The van der Waals surface area contributed by atoms with E-state index in [1.165, 1.54) is 11.1 Å². The molecular weight excluding hydrogens is 260 g/mol. The molecule has 3 nitrogen and oxygen atoms in total. The summed E-state index contributed by atoms with van der Waals surface area (Å²) in [5.41, 5.74) is 2.83. The van der Waals surface area contributed by atoms with Crippen molar-refractivity contribution in [3.63, 3.8) is 0 Å². The zero-order valence-corrected chi connectivity index (χ0v) is 14.8. The zero-order chi connectivity index (χ0) is 16.0. The first kappa shape index (κ1) is 18.0. The highest BCUT2D eigenvalue weighted by molar-refractivity contribution is 5.37. The molecule has 0 saturated heterocycles. The number of nitrogens with zero attached hydrogens (tertiary/aromatic N) is 1. The van der Waals surface area contributed by atoms with E-state index >= 15 is 0 Å². The highest BCUT2D eigenvalue weighted by Crippen LogP contribution is 2.27. The Morgan fingerprint density at radius 2 is 1.95 bits per heavy atom. The minimum atomic E-state index is 0.267. The summed E-state index contributed by atoms with van der Waals surface area (Å²) in [6.07, 6.45) is 0. The van der Waals surface area contributed by atoms with Gasteiger partial charge in [-0.05, 0) is 43.6 Å². The molecule has 1 atom stereocenters. The van der Waals surface area contributed by atoms with Gasteiger partial charge in [-0.2, -0.15) is 0 Å². The van der Waals surface area contributed by atoms with Crippen molar-refractivity contribution in [3.05, 3.63) is 29.3 Å². The van der Waals surface area contributed by atoms with E-state index in [4.69, 9.17) is 4.74 Å². The summed E-state index contributed by atoms with van der Waals surface area (Å²) in [5.74, 6) is 0.975. The van der Waals surface area contributed by atoms with Gasteiger partial charge in [-0.15, -0.1) is 0 Å². The molecule has 0 aliphatic rings. The summed E-state index contributed by atoms with van der Waals surface area (Å²) in [6, 6.07) is 6.98. The van der Waals surface area contributed by atoms with E-state index in [1.54, 1.807) is 7.11 Å². The fourth-order valence-corrected chi connectivity index (χ4v) is 2.40. The Kier molecular flexibility index (Phi) is 6.69. The fraction of sp³-hybridized carbons (Fsp3) is 0.667. The Labute approximate surface area is 130 Å². The molecular formula is C18H32N2O. The van der Waals surface area contributed by atoms with Crippen LogP contribution in [0.25, 0.3) is 0 Å². The first-order valence-corrected chi connectivity index (χ1v) is 7.86. The predicted octanol–water partition coefficient (Wildman–Crippen LogP) is 3.67. The van der Waals surface area contributed by atoms with Crippen LogP contribution in [0, 0.1) is 5.41 Å². The van der Waals surface area contributed by atoms with Gasteiger partial charge in [0.15, 0.2) is 0 Å². The quantitative estimate of drug-likeness (QED) is 0.830. The second kappa shape index (κ2) is 7.81. The molecule has 0 spiro atoms. The van der Waals surface area contributed by atoms with E-state index < -0.39 is 0 Å². The Bertz CT molecular complexity index is 437. The lowest BCUT2D eigenvalue weighted by Crippen LogP contribution is -2.38. The van der Waals surface area contributed by atoms with E-state index in [-0.39, 0.29) is 5.41 Å². The average molecular weight is 292 g/mol. The number of ether oxygens (including phenoxy) is 1. The fourth-order valence-electron chi connectivity index (χ4n) is 2.40. The van der Waals surface area contributed by atoms with Crippen LogP contribution in [0.2, 0.25) is 0 Å². The van der Waals surface area contributed by atoms with Gasteiger partial charge in [0.25, 0.3) is 0 Å². The van der Waals surface area contributed by atoms with E-state index in [0.29, 0.717) is 6.04 Å². The third kappa shape index (κ3) is 5.33. The summed E-state index contributed by atoms with van der Waals surface area (Å²) >= 11 is 0. The molecule has 0 fully saturated rings. The summed E-state index contributed by atoms with van der Waals surface area (Å²) in [5, 5.41) is 3.38. The van der Waals surface area contributed by atoms with Crippen molar-refractivity contribution in [2.24, 2.45) is 5.41 Å². The number of rotatable bonds is 7. The van der Waals surface area contributed by atoms with Gasteiger partial charge in [-0.1, -0.05) is 33.8 Å². The Morgan fingerprint density at radius 1 is 1.29 bits per heavy atom.